The minimum Gasteiger partial charge on any atom is -0.433 e. The molecule has 0 aliphatic carbocycles. The van der Waals surface area contributed by atoms with Crippen molar-refractivity contribution in [3.05, 3.63) is 47.5 Å². The molecule has 0 amide bonds. The molecular formula is C14H10ClF2N3O. The van der Waals surface area contributed by atoms with E-state index >= 15 is 0 Å². The van der Waals surface area contributed by atoms with Crippen LogP contribution in [0.1, 0.15) is 0 Å². The highest BCUT2D eigenvalue weighted by Crippen LogP contribution is 2.31. The lowest BCUT2D eigenvalue weighted by Crippen LogP contribution is -2.07. The summed E-state index contributed by atoms with van der Waals surface area (Å²) < 4.78 is 31.1. The quantitative estimate of drug-likeness (QED) is 0.799. The predicted octanol–water partition coefficient (Wildman–Crippen LogP) is 3.86. The summed E-state index contributed by atoms with van der Waals surface area (Å²) in [5.74, 6) is 0.186. The number of hydrogen-bond acceptors (Lipinski definition) is 3. The summed E-state index contributed by atoms with van der Waals surface area (Å²) in [6.45, 7) is -2.92. The van der Waals surface area contributed by atoms with Crippen LogP contribution in [0.4, 0.5) is 14.7 Å². The van der Waals surface area contributed by atoms with Crippen molar-refractivity contribution < 1.29 is 13.5 Å². The van der Waals surface area contributed by atoms with Gasteiger partial charge in [0.1, 0.15) is 5.75 Å². The summed E-state index contributed by atoms with van der Waals surface area (Å²) in [5, 5.41) is 0.518. The Bertz CT molecular complexity index is 804. The van der Waals surface area contributed by atoms with Gasteiger partial charge in [0.15, 0.2) is 0 Å². The zero-order chi connectivity index (χ0) is 15.0. The highest BCUT2D eigenvalue weighted by molar-refractivity contribution is 6.31. The van der Waals surface area contributed by atoms with Crippen LogP contribution in [0.2, 0.25) is 5.02 Å². The number of alkyl halides is 2. The van der Waals surface area contributed by atoms with E-state index in [1.165, 1.54) is 6.07 Å². The molecule has 0 radical (unpaired) electrons. The van der Waals surface area contributed by atoms with Crippen LogP contribution in [0.25, 0.3) is 16.7 Å². The van der Waals surface area contributed by atoms with Crippen molar-refractivity contribution in [3.63, 3.8) is 0 Å². The molecule has 1 aromatic heterocycles. The second-order valence-electron chi connectivity index (χ2n) is 4.28. The highest BCUT2D eigenvalue weighted by atomic mass is 35.5. The number of aromatic nitrogens is 2. The molecule has 0 atom stereocenters. The van der Waals surface area contributed by atoms with Crippen LogP contribution in [0.3, 0.4) is 0 Å². The third kappa shape index (κ3) is 2.50. The Balaban J connectivity index is 2.23. The lowest BCUT2D eigenvalue weighted by Gasteiger charge is -2.12. The van der Waals surface area contributed by atoms with Crippen molar-refractivity contribution in [1.29, 1.82) is 0 Å². The Morgan fingerprint density at radius 2 is 1.95 bits per heavy atom. The molecule has 0 spiro atoms. The van der Waals surface area contributed by atoms with Crippen LogP contribution in [0.15, 0.2) is 42.5 Å². The first-order valence-corrected chi connectivity index (χ1v) is 6.42. The highest BCUT2D eigenvalue weighted by Gasteiger charge is 2.16. The molecule has 1 heterocycles. The van der Waals surface area contributed by atoms with Crippen molar-refractivity contribution in [2.24, 2.45) is 0 Å². The molecule has 0 bridgehead atoms. The van der Waals surface area contributed by atoms with Gasteiger partial charge in [0.05, 0.1) is 16.7 Å². The minimum atomic E-state index is -2.92. The minimum absolute atomic E-state index is 0.0217. The number of hydrogen-bond donors (Lipinski definition) is 1. The standard InChI is InChI=1S/C14H10ClF2N3O/c15-8-5-6-10-9(7-8)19-14(18)20(10)11-3-1-2-4-12(11)21-13(16)17/h1-7,13H,(H2,18,19). The topological polar surface area (TPSA) is 53.1 Å². The Morgan fingerprint density at radius 3 is 2.71 bits per heavy atom. The number of fused-ring (bicyclic) bond motifs is 1. The van der Waals surface area contributed by atoms with Crippen LogP contribution in [-0.4, -0.2) is 16.2 Å². The number of anilines is 1. The van der Waals surface area contributed by atoms with E-state index in [1.54, 1.807) is 41.0 Å². The number of imidazole rings is 1. The summed E-state index contributed by atoms with van der Waals surface area (Å²) in [6, 6.07) is 11.4. The molecule has 0 saturated heterocycles. The largest absolute Gasteiger partial charge is 0.433 e. The van der Waals surface area contributed by atoms with E-state index in [1.807, 2.05) is 0 Å². The number of nitrogens with two attached hydrogens (primary N) is 1. The van der Waals surface area contributed by atoms with E-state index in [2.05, 4.69) is 9.72 Å². The molecule has 0 fully saturated rings. The summed E-state index contributed by atoms with van der Waals surface area (Å²) in [5.41, 5.74) is 7.52. The first-order chi connectivity index (χ1) is 10.1. The Kier molecular flexibility index (Phi) is 3.39. The molecule has 4 nitrogen and oxygen atoms in total. The molecule has 3 rings (SSSR count). The normalized spacial score (nSPS) is 11.2. The van der Waals surface area contributed by atoms with Gasteiger partial charge in [-0.15, -0.1) is 0 Å². The smallest absolute Gasteiger partial charge is 0.387 e. The SMILES string of the molecule is Nc1nc2cc(Cl)ccc2n1-c1ccccc1OC(F)F. The third-order valence-corrected chi connectivity index (χ3v) is 3.20. The van der Waals surface area contributed by atoms with Gasteiger partial charge in [-0.25, -0.2) is 4.98 Å². The lowest BCUT2D eigenvalue weighted by molar-refractivity contribution is -0.0498. The van der Waals surface area contributed by atoms with E-state index in [-0.39, 0.29) is 11.7 Å². The van der Waals surface area contributed by atoms with E-state index in [0.717, 1.165) is 0 Å². The van der Waals surface area contributed by atoms with E-state index in [0.29, 0.717) is 21.7 Å². The number of halogens is 3. The number of nitrogens with zero attached hydrogens (tertiary/aromatic N) is 2. The Morgan fingerprint density at radius 1 is 1.19 bits per heavy atom. The van der Waals surface area contributed by atoms with Gasteiger partial charge in [-0.05, 0) is 30.3 Å². The monoisotopic (exact) mass is 309 g/mol. The van der Waals surface area contributed by atoms with Crippen molar-refractivity contribution in [3.8, 4) is 11.4 Å². The number of rotatable bonds is 3. The van der Waals surface area contributed by atoms with Gasteiger partial charge in [-0.2, -0.15) is 8.78 Å². The molecular weight excluding hydrogens is 300 g/mol. The maximum atomic E-state index is 12.5. The maximum Gasteiger partial charge on any atom is 0.387 e. The molecule has 3 aromatic rings. The van der Waals surface area contributed by atoms with Crippen LogP contribution in [-0.2, 0) is 0 Å². The fourth-order valence-electron chi connectivity index (χ4n) is 2.16. The van der Waals surface area contributed by atoms with Crippen molar-refractivity contribution in [2.75, 3.05) is 5.73 Å². The first kappa shape index (κ1) is 13.6. The summed E-state index contributed by atoms with van der Waals surface area (Å²) in [4.78, 5) is 4.18. The fraction of sp³-hybridized carbons (Fsp3) is 0.0714. The molecule has 0 aliphatic heterocycles. The molecule has 21 heavy (non-hydrogen) atoms. The summed E-state index contributed by atoms with van der Waals surface area (Å²) >= 11 is 5.91. The third-order valence-electron chi connectivity index (χ3n) is 2.96. The van der Waals surface area contributed by atoms with Gasteiger partial charge >= 0.3 is 6.61 Å². The Hall–Kier alpha value is -2.34. The van der Waals surface area contributed by atoms with Crippen LogP contribution < -0.4 is 10.5 Å². The molecule has 0 aliphatic rings. The first-order valence-electron chi connectivity index (χ1n) is 6.04. The average Bonchev–Trinajstić information content (AvgIpc) is 2.74. The predicted molar refractivity (Wildman–Crippen MR) is 77.1 cm³/mol. The zero-order valence-corrected chi connectivity index (χ0v) is 11.4. The van der Waals surface area contributed by atoms with Crippen LogP contribution >= 0.6 is 11.6 Å². The molecule has 7 heteroatoms. The van der Waals surface area contributed by atoms with Crippen molar-refractivity contribution >= 4 is 28.6 Å². The van der Waals surface area contributed by atoms with Gasteiger partial charge < -0.3 is 10.5 Å². The van der Waals surface area contributed by atoms with Gasteiger partial charge in [-0.3, -0.25) is 4.57 Å². The maximum absolute atomic E-state index is 12.5. The number of benzene rings is 2. The lowest BCUT2D eigenvalue weighted by atomic mass is 10.2. The van der Waals surface area contributed by atoms with E-state index in [9.17, 15) is 8.78 Å². The van der Waals surface area contributed by atoms with Crippen LogP contribution in [0.5, 0.6) is 5.75 Å². The van der Waals surface area contributed by atoms with Gasteiger partial charge in [0, 0.05) is 5.02 Å². The van der Waals surface area contributed by atoms with Gasteiger partial charge in [0.2, 0.25) is 5.95 Å². The second kappa shape index (κ2) is 5.21. The molecule has 0 unspecified atom stereocenters. The molecule has 2 aromatic carbocycles. The second-order valence-corrected chi connectivity index (χ2v) is 4.72. The summed E-state index contributed by atoms with van der Waals surface area (Å²) in [7, 11) is 0. The summed E-state index contributed by atoms with van der Waals surface area (Å²) in [6.07, 6.45) is 0. The number of ether oxygens (including phenoxy) is 1. The number of para-hydroxylation sites is 2. The molecule has 0 saturated carbocycles. The van der Waals surface area contributed by atoms with Crippen LogP contribution in [0, 0.1) is 0 Å². The van der Waals surface area contributed by atoms with Gasteiger partial charge in [-0.1, -0.05) is 23.7 Å². The van der Waals surface area contributed by atoms with E-state index < -0.39 is 6.61 Å². The molecule has 108 valence electrons. The van der Waals surface area contributed by atoms with Gasteiger partial charge in [0.25, 0.3) is 0 Å². The Labute approximate surface area is 123 Å². The average molecular weight is 310 g/mol. The van der Waals surface area contributed by atoms with Crippen molar-refractivity contribution in [2.45, 2.75) is 6.61 Å². The zero-order valence-electron chi connectivity index (χ0n) is 10.6. The van der Waals surface area contributed by atoms with E-state index in [4.69, 9.17) is 17.3 Å². The fourth-order valence-corrected chi connectivity index (χ4v) is 2.33. The molecule has 2 N–H and O–H groups in total. The van der Waals surface area contributed by atoms with Crippen molar-refractivity contribution in [1.82, 2.24) is 9.55 Å². The number of nitrogen functional groups attached to an aromatic ring is 1.